The summed E-state index contributed by atoms with van der Waals surface area (Å²) >= 11 is 0. The number of piperidine rings is 2. The highest BCUT2D eigenvalue weighted by atomic mass is 32.2. The Bertz CT molecular complexity index is 460. The van der Waals surface area contributed by atoms with Crippen molar-refractivity contribution in [2.75, 3.05) is 39.8 Å². The van der Waals surface area contributed by atoms with Crippen molar-refractivity contribution in [3.8, 4) is 0 Å². The molecule has 2 aliphatic rings. The molecule has 0 radical (unpaired) electrons. The zero-order valence-electron chi connectivity index (χ0n) is 12.5. The third-order valence-electron chi connectivity index (χ3n) is 4.46. The lowest BCUT2D eigenvalue weighted by Crippen LogP contribution is -2.51. The summed E-state index contributed by atoms with van der Waals surface area (Å²) in [6.07, 6.45) is 2.91. The topological polar surface area (TPSA) is 92.9 Å². The highest BCUT2D eigenvalue weighted by Crippen LogP contribution is 2.25. The minimum Gasteiger partial charge on any atom is -0.469 e. The fraction of sp³-hybridized carbons (Fsp3) is 0.923. The summed E-state index contributed by atoms with van der Waals surface area (Å²) in [4.78, 5) is 11.5. The van der Waals surface area contributed by atoms with E-state index >= 15 is 0 Å². The molecule has 2 aliphatic heterocycles. The molecule has 1 atom stereocenters. The van der Waals surface area contributed by atoms with Crippen LogP contribution < -0.4 is 5.73 Å². The maximum Gasteiger partial charge on any atom is 0.308 e. The predicted octanol–water partition coefficient (Wildman–Crippen LogP) is -0.213. The maximum absolute atomic E-state index is 12.6. The Kier molecular flexibility index (Phi) is 5.59. The molecule has 2 fully saturated rings. The number of esters is 1. The zero-order chi connectivity index (χ0) is 15.5. The number of hydrogen-bond donors (Lipinski definition) is 1. The van der Waals surface area contributed by atoms with Gasteiger partial charge in [-0.05, 0) is 38.1 Å². The SMILES string of the molecule is COC(=O)C1CCN(S(=O)(=O)N2CCCC(CN)C2)CC1. The van der Waals surface area contributed by atoms with Crippen LogP contribution in [0, 0.1) is 11.8 Å². The van der Waals surface area contributed by atoms with E-state index in [-0.39, 0.29) is 17.8 Å². The molecule has 2 rings (SSSR count). The summed E-state index contributed by atoms with van der Waals surface area (Å²) in [6.45, 7) is 2.36. The van der Waals surface area contributed by atoms with Crippen LogP contribution in [0.5, 0.6) is 0 Å². The van der Waals surface area contributed by atoms with E-state index in [0.717, 1.165) is 12.8 Å². The van der Waals surface area contributed by atoms with Gasteiger partial charge >= 0.3 is 5.97 Å². The first kappa shape index (κ1) is 16.7. The highest BCUT2D eigenvalue weighted by Gasteiger charge is 2.36. The van der Waals surface area contributed by atoms with Crippen LogP contribution in [0.4, 0.5) is 0 Å². The van der Waals surface area contributed by atoms with Crippen LogP contribution in [0.15, 0.2) is 0 Å². The molecule has 2 heterocycles. The lowest BCUT2D eigenvalue weighted by Gasteiger charge is -2.37. The second-order valence-electron chi connectivity index (χ2n) is 5.81. The molecule has 0 aromatic heterocycles. The van der Waals surface area contributed by atoms with Crippen molar-refractivity contribution in [2.45, 2.75) is 25.7 Å². The van der Waals surface area contributed by atoms with E-state index in [2.05, 4.69) is 0 Å². The Labute approximate surface area is 126 Å². The smallest absolute Gasteiger partial charge is 0.308 e. The van der Waals surface area contributed by atoms with Crippen LogP contribution in [-0.4, -0.2) is 62.8 Å². The van der Waals surface area contributed by atoms with Crippen molar-refractivity contribution in [1.29, 1.82) is 0 Å². The van der Waals surface area contributed by atoms with E-state index in [1.165, 1.54) is 11.4 Å². The van der Waals surface area contributed by atoms with E-state index in [4.69, 9.17) is 10.5 Å². The number of nitrogens with two attached hydrogens (primary N) is 1. The molecule has 0 aromatic carbocycles. The number of nitrogens with zero attached hydrogens (tertiary/aromatic N) is 2. The van der Waals surface area contributed by atoms with Gasteiger partial charge < -0.3 is 10.5 Å². The average Bonchev–Trinajstić information content (AvgIpc) is 2.54. The lowest BCUT2D eigenvalue weighted by molar-refractivity contribution is -0.146. The van der Waals surface area contributed by atoms with Gasteiger partial charge in [-0.3, -0.25) is 4.79 Å². The van der Waals surface area contributed by atoms with Crippen LogP contribution in [0.3, 0.4) is 0 Å². The Morgan fingerprint density at radius 1 is 1.19 bits per heavy atom. The molecular formula is C13H25N3O4S. The van der Waals surface area contributed by atoms with Crippen molar-refractivity contribution in [3.63, 3.8) is 0 Å². The Morgan fingerprint density at radius 3 is 2.43 bits per heavy atom. The minimum absolute atomic E-state index is 0.181. The van der Waals surface area contributed by atoms with Crippen LogP contribution in [0.2, 0.25) is 0 Å². The molecule has 7 nitrogen and oxygen atoms in total. The fourth-order valence-corrected chi connectivity index (χ4v) is 4.84. The molecule has 0 aliphatic carbocycles. The number of hydrogen-bond acceptors (Lipinski definition) is 5. The summed E-state index contributed by atoms with van der Waals surface area (Å²) in [5.74, 6) is -0.172. The van der Waals surface area contributed by atoms with Crippen LogP contribution in [0.1, 0.15) is 25.7 Å². The number of rotatable bonds is 4. The Morgan fingerprint density at radius 2 is 1.86 bits per heavy atom. The van der Waals surface area contributed by atoms with Gasteiger partial charge in [0.05, 0.1) is 13.0 Å². The van der Waals surface area contributed by atoms with Gasteiger partial charge in [-0.1, -0.05) is 0 Å². The second-order valence-corrected chi connectivity index (χ2v) is 7.73. The normalized spacial score (nSPS) is 26.7. The third kappa shape index (κ3) is 3.74. The van der Waals surface area contributed by atoms with Gasteiger partial charge in [0, 0.05) is 26.2 Å². The van der Waals surface area contributed by atoms with E-state index in [9.17, 15) is 13.2 Å². The van der Waals surface area contributed by atoms with Crippen LogP contribution in [0.25, 0.3) is 0 Å². The molecule has 2 saturated heterocycles. The first-order valence-electron chi connectivity index (χ1n) is 7.52. The monoisotopic (exact) mass is 319 g/mol. The summed E-state index contributed by atoms with van der Waals surface area (Å²) in [6, 6.07) is 0. The second kappa shape index (κ2) is 7.04. The summed E-state index contributed by atoms with van der Waals surface area (Å²) in [7, 11) is -2.06. The molecule has 122 valence electrons. The van der Waals surface area contributed by atoms with Gasteiger partial charge in [-0.15, -0.1) is 0 Å². The van der Waals surface area contributed by atoms with E-state index in [0.29, 0.717) is 45.6 Å². The zero-order valence-corrected chi connectivity index (χ0v) is 13.3. The van der Waals surface area contributed by atoms with Crippen LogP contribution >= 0.6 is 0 Å². The van der Waals surface area contributed by atoms with Crippen molar-refractivity contribution >= 4 is 16.2 Å². The summed E-state index contributed by atoms with van der Waals surface area (Å²) < 4.78 is 33.0. The number of carbonyl (C=O) groups excluding carboxylic acids is 1. The first-order valence-corrected chi connectivity index (χ1v) is 8.92. The molecule has 0 spiro atoms. The van der Waals surface area contributed by atoms with Gasteiger partial charge in [0.2, 0.25) is 0 Å². The maximum atomic E-state index is 12.6. The van der Waals surface area contributed by atoms with Crippen molar-refractivity contribution < 1.29 is 17.9 Å². The minimum atomic E-state index is -3.42. The molecule has 0 bridgehead atoms. The number of ether oxygens (including phenoxy) is 1. The van der Waals surface area contributed by atoms with Gasteiger partial charge in [0.15, 0.2) is 0 Å². The summed E-state index contributed by atoms with van der Waals surface area (Å²) in [5, 5.41) is 0. The van der Waals surface area contributed by atoms with Crippen molar-refractivity contribution in [1.82, 2.24) is 8.61 Å². The molecule has 8 heteroatoms. The fourth-order valence-electron chi connectivity index (χ4n) is 3.08. The van der Waals surface area contributed by atoms with Crippen molar-refractivity contribution in [3.05, 3.63) is 0 Å². The van der Waals surface area contributed by atoms with Gasteiger partial charge in [-0.2, -0.15) is 17.0 Å². The molecular weight excluding hydrogens is 294 g/mol. The number of methoxy groups -OCH3 is 1. The third-order valence-corrected chi connectivity index (χ3v) is 6.46. The molecule has 0 saturated carbocycles. The van der Waals surface area contributed by atoms with E-state index < -0.39 is 10.2 Å². The standard InChI is InChI=1S/C13H25N3O4S/c1-20-13(17)12-4-7-15(8-5-12)21(18,19)16-6-2-3-11(9-14)10-16/h11-12H,2-10,14H2,1H3. The summed E-state index contributed by atoms with van der Waals surface area (Å²) in [5.41, 5.74) is 5.67. The van der Waals surface area contributed by atoms with E-state index in [1.54, 1.807) is 4.31 Å². The Balaban J connectivity index is 1.96. The number of carbonyl (C=O) groups is 1. The Hall–Kier alpha value is -0.700. The molecule has 1 unspecified atom stereocenters. The first-order chi connectivity index (χ1) is 9.98. The van der Waals surface area contributed by atoms with Gasteiger partial charge in [0.1, 0.15) is 0 Å². The molecule has 0 aromatic rings. The van der Waals surface area contributed by atoms with Crippen LogP contribution in [-0.2, 0) is 19.7 Å². The average molecular weight is 319 g/mol. The predicted molar refractivity (Wildman–Crippen MR) is 78.6 cm³/mol. The molecule has 2 N–H and O–H groups in total. The van der Waals surface area contributed by atoms with Crippen molar-refractivity contribution in [2.24, 2.45) is 17.6 Å². The quantitative estimate of drug-likeness (QED) is 0.724. The lowest BCUT2D eigenvalue weighted by atomic mass is 9.99. The van der Waals surface area contributed by atoms with Gasteiger partial charge in [0.25, 0.3) is 10.2 Å². The molecule has 21 heavy (non-hydrogen) atoms. The largest absolute Gasteiger partial charge is 0.469 e. The van der Waals surface area contributed by atoms with E-state index in [1.807, 2.05) is 0 Å². The highest BCUT2D eigenvalue weighted by molar-refractivity contribution is 7.86. The van der Waals surface area contributed by atoms with Gasteiger partial charge in [-0.25, -0.2) is 0 Å². The molecule has 0 amide bonds.